The smallest absolute Gasteiger partial charge is 0.223 e. The van der Waals surface area contributed by atoms with Gasteiger partial charge in [-0.25, -0.2) is 0 Å². The second kappa shape index (κ2) is 7.21. The van der Waals surface area contributed by atoms with Crippen molar-refractivity contribution in [3.8, 4) is 0 Å². The fourth-order valence-corrected chi connectivity index (χ4v) is 3.82. The fraction of sp³-hybridized carbons (Fsp3) is 0.875. The lowest BCUT2D eigenvalue weighted by molar-refractivity contribution is -0.134. The maximum absolute atomic E-state index is 12.4. The maximum atomic E-state index is 12.4. The van der Waals surface area contributed by atoms with Gasteiger partial charge < -0.3 is 5.32 Å². The minimum atomic E-state index is -0.0854. The molecule has 1 N–H and O–H groups in total. The SMILES string of the molecule is CCN1CCC[C@H]1CNC(=O)[C@H]1CCCC[C@H]1C(C)=O. The summed E-state index contributed by atoms with van der Waals surface area (Å²) in [6, 6.07) is 0.489. The van der Waals surface area contributed by atoms with Gasteiger partial charge in [-0.3, -0.25) is 14.5 Å². The highest BCUT2D eigenvalue weighted by Gasteiger charge is 2.34. The lowest BCUT2D eigenvalue weighted by atomic mass is 9.77. The summed E-state index contributed by atoms with van der Waals surface area (Å²) in [5.41, 5.74) is 0. The minimum absolute atomic E-state index is 0.0467. The number of carbonyl (C=O) groups excluding carboxylic acids is 2. The van der Waals surface area contributed by atoms with Crippen molar-refractivity contribution >= 4 is 11.7 Å². The molecule has 2 rings (SSSR count). The third kappa shape index (κ3) is 3.60. The number of ketones is 1. The second-order valence-electron chi connectivity index (χ2n) is 6.28. The highest BCUT2D eigenvalue weighted by atomic mass is 16.2. The molecule has 0 aromatic carbocycles. The Labute approximate surface area is 122 Å². The lowest BCUT2D eigenvalue weighted by Crippen LogP contribution is -2.44. The molecule has 4 nitrogen and oxygen atoms in total. The number of nitrogens with zero attached hydrogens (tertiary/aromatic N) is 1. The molecular weight excluding hydrogens is 252 g/mol. The molecule has 1 saturated carbocycles. The van der Waals surface area contributed by atoms with Gasteiger partial charge in [-0.1, -0.05) is 19.8 Å². The van der Waals surface area contributed by atoms with E-state index in [4.69, 9.17) is 0 Å². The number of carbonyl (C=O) groups is 2. The van der Waals surface area contributed by atoms with E-state index in [1.54, 1.807) is 6.92 Å². The molecule has 114 valence electrons. The normalized spacial score (nSPS) is 31.2. The summed E-state index contributed by atoms with van der Waals surface area (Å²) in [5, 5.41) is 3.11. The van der Waals surface area contributed by atoms with Gasteiger partial charge in [-0.05, 0) is 45.7 Å². The summed E-state index contributed by atoms with van der Waals surface area (Å²) >= 11 is 0. The van der Waals surface area contributed by atoms with Crippen molar-refractivity contribution < 1.29 is 9.59 Å². The van der Waals surface area contributed by atoms with Crippen LogP contribution in [-0.2, 0) is 9.59 Å². The van der Waals surface area contributed by atoms with E-state index in [1.165, 1.54) is 12.8 Å². The quantitative estimate of drug-likeness (QED) is 0.838. The Hall–Kier alpha value is -0.900. The summed E-state index contributed by atoms with van der Waals surface area (Å²) in [4.78, 5) is 26.5. The lowest BCUT2D eigenvalue weighted by Gasteiger charge is -2.30. The van der Waals surface area contributed by atoms with Crippen molar-refractivity contribution in [2.45, 2.75) is 58.4 Å². The number of Topliss-reactive ketones (excluding diaryl/α,β-unsaturated/α-hetero) is 1. The third-order valence-corrected chi connectivity index (χ3v) is 5.04. The molecule has 0 aromatic rings. The molecule has 0 bridgehead atoms. The monoisotopic (exact) mass is 280 g/mol. The Morgan fingerprint density at radius 1 is 1.10 bits per heavy atom. The van der Waals surface area contributed by atoms with Gasteiger partial charge in [0.25, 0.3) is 0 Å². The van der Waals surface area contributed by atoms with Crippen molar-refractivity contribution in [2.24, 2.45) is 11.8 Å². The molecule has 1 aliphatic carbocycles. The first kappa shape index (κ1) is 15.5. The Morgan fingerprint density at radius 3 is 2.45 bits per heavy atom. The Balaban J connectivity index is 1.85. The van der Waals surface area contributed by atoms with Gasteiger partial charge in [-0.2, -0.15) is 0 Å². The first-order valence-electron chi connectivity index (χ1n) is 8.15. The summed E-state index contributed by atoms with van der Waals surface area (Å²) in [6.07, 6.45) is 6.33. The number of likely N-dealkylation sites (tertiary alicyclic amines) is 1. The van der Waals surface area contributed by atoms with Crippen LogP contribution in [0.5, 0.6) is 0 Å². The maximum Gasteiger partial charge on any atom is 0.223 e. The van der Waals surface area contributed by atoms with E-state index < -0.39 is 0 Å². The van der Waals surface area contributed by atoms with E-state index in [2.05, 4.69) is 17.1 Å². The Kier molecular flexibility index (Phi) is 5.58. The fourth-order valence-electron chi connectivity index (χ4n) is 3.82. The van der Waals surface area contributed by atoms with E-state index >= 15 is 0 Å². The number of hydrogen-bond donors (Lipinski definition) is 1. The predicted molar refractivity (Wildman–Crippen MR) is 79.4 cm³/mol. The topological polar surface area (TPSA) is 49.4 Å². The van der Waals surface area contributed by atoms with Crippen LogP contribution in [0.15, 0.2) is 0 Å². The number of rotatable bonds is 5. The van der Waals surface area contributed by atoms with E-state index in [0.29, 0.717) is 6.04 Å². The second-order valence-corrected chi connectivity index (χ2v) is 6.28. The van der Waals surface area contributed by atoms with Crippen LogP contribution < -0.4 is 5.32 Å². The van der Waals surface area contributed by atoms with E-state index in [9.17, 15) is 9.59 Å². The zero-order chi connectivity index (χ0) is 14.5. The molecule has 3 atom stereocenters. The van der Waals surface area contributed by atoms with Crippen molar-refractivity contribution in [3.05, 3.63) is 0 Å². The van der Waals surface area contributed by atoms with Gasteiger partial charge in [0.1, 0.15) is 5.78 Å². The average Bonchev–Trinajstić information content (AvgIpc) is 2.92. The van der Waals surface area contributed by atoms with E-state index in [-0.39, 0.29) is 23.5 Å². The number of nitrogens with one attached hydrogen (secondary N) is 1. The van der Waals surface area contributed by atoms with Crippen molar-refractivity contribution in [3.63, 3.8) is 0 Å². The van der Waals surface area contributed by atoms with Crippen molar-refractivity contribution in [1.82, 2.24) is 10.2 Å². The minimum Gasteiger partial charge on any atom is -0.354 e. The van der Waals surface area contributed by atoms with Gasteiger partial charge in [0.15, 0.2) is 0 Å². The van der Waals surface area contributed by atoms with Crippen LogP contribution in [0.4, 0.5) is 0 Å². The molecule has 0 spiro atoms. The molecule has 20 heavy (non-hydrogen) atoms. The van der Waals surface area contributed by atoms with Crippen LogP contribution in [0.1, 0.15) is 52.4 Å². The van der Waals surface area contributed by atoms with Crippen LogP contribution in [0.25, 0.3) is 0 Å². The van der Waals surface area contributed by atoms with Crippen LogP contribution in [0.3, 0.4) is 0 Å². The van der Waals surface area contributed by atoms with Crippen molar-refractivity contribution in [2.75, 3.05) is 19.6 Å². The standard InChI is InChI=1S/C16H28N2O2/c1-3-18-10-6-7-13(18)11-17-16(20)15-9-5-4-8-14(15)12(2)19/h13-15H,3-11H2,1-2H3,(H,17,20)/t13-,14-,15-/m0/s1. The zero-order valence-electron chi connectivity index (χ0n) is 12.9. The first-order chi connectivity index (χ1) is 9.63. The van der Waals surface area contributed by atoms with Gasteiger partial charge in [0, 0.05) is 24.4 Å². The first-order valence-corrected chi connectivity index (χ1v) is 8.15. The molecule has 1 heterocycles. The summed E-state index contributed by atoms with van der Waals surface area (Å²) in [7, 11) is 0. The zero-order valence-corrected chi connectivity index (χ0v) is 12.9. The summed E-state index contributed by atoms with van der Waals surface area (Å²) < 4.78 is 0. The van der Waals surface area contributed by atoms with Crippen LogP contribution in [0, 0.1) is 11.8 Å². The third-order valence-electron chi connectivity index (χ3n) is 5.04. The van der Waals surface area contributed by atoms with E-state index in [1.807, 2.05) is 0 Å². The summed E-state index contributed by atoms with van der Waals surface area (Å²) in [5.74, 6) is 0.154. The molecular formula is C16H28N2O2. The Morgan fingerprint density at radius 2 is 1.80 bits per heavy atom. The summed E-state index contributed by atoms with van der Waals surface area (Å²) in [6.45, 7) is 6.75. The molecule has 1 saturated heterocycles. The average molecular weight is 280 g/mol. The highest BCUT2D eigenvalue weighted by molar-refractivity contribution is 5.87. The van der Waals surface area contributed by atoms with Gasteiger partial charge >= 0.3 is 0 Å². The Bertz CT molecular complexity index is 356. The number of hydrogen-bond acceptors (Lipinski definition) is 3. The van der Waals surface area contributed by atoms with Crippen molar-refractivity contribution in [1.29, 1.82) is 0 Å². The molecule has 0 aromatic heterocycles. The molecule has 0 unspecified atom stereocenters. The van der Waals surface area contributed by atoms with Crippen LogP contribution in [-0.4, -0.2) is 42.3 Å². The largest absolute Gasteiger partial charge is 0.354 e. The molecule has 0 radical (unpaired) electrons. The van der Waals surface area contributed by atoms with Gasteiger partial charge in [0.2, 0.25) is 5.91 Å². The molecule has 2 aliphatic rings. The molecule has 2 fully saturated rings. The van der Waals surface area contributed by atoms with Crippen LogP contribution >= 0.6 is 0 Å². The number of likely N-dealkylation sites (N-methyl/N-ethyl adjacent to an activating group) is 1. The van der Waals surface area contributed by atoms with Gasteiger partial charge in [0.05, 0.1) is 0 Å². The van der Waals surface area contributed by atoms with E-state index in [0.717, 1.165) is 45.3 Å². The van der Waals surface area contributed by atoms with Crippen LogP contribution in [0.2, 0.25) is 0 Å². The van der Waals surface area contributed by atoms with Gasteiger partial charge in [-0.15, -0.1) is 0 Å². The molecule has 1 aliphatic heterocycles. The predicted octanol–water partition coefficient (Wildman–Crippen LogP) is 1.98. The number of amides is 1. The highest BCUT2D eigenvalue weighted by Crippen LogP contribution is 2.31. The molecule has 1 amide bonds. The molecule has 4 heteroatoms.